The van der Waals surface area contributed by atoms with Crippen molar-refractivity contribution in [3.05, 3.63) is 29.8 Å². The van der Waals surface area contributed by atoms with Gasteiger partial charge in [0, 0.05) is 6.54 Å². The summed E-state index contributed by atoms with van der Waals surface area (Å²) in [6, 6.07) is 7.39. The zero-order valence-corrected chi connectivity index (χ0v) is 14.9. The molecule has 0 spiro atoms. The topological polar surface area (TPSA) is 98.2 Å². The number of benzene rings is 1. The third-order valence-electron chi connectivity index (χ3n) is 3.49. The lowest BCUT2D eigenvalue weighted by Gasteiger charge is -2.16. The second-order valence-electron chi connectivity index (χ2n) is 5.35. The average molecular weight is 352 g/mol. The predicted octanol–water partition coefficient (Wildman–Crippen LogP) is -0.511. The molecule has 1 aromatic carbocycles. The molecule has 0 fully saturated rings. The molecule has 1 atom stereocenters. The highest BCUT2D eigenvalue weighted by Gasteiger charge is 2.18. The van der Waals surface area contributed by atoms with Crippen LogP contribution in [0.2, 0.25) is 0 Å². The number of carbonyl (C=O) groups is 3. The van der Waals surface area contributed by atoms with Crippen LogP contribution in [0.15, 0.2) is 24.3 Å². The fourth-order valence-corrected chi connectivity index (χ4v) is 2.10. The summed E-state index contributed by atoms with van der Waals surface area (Å²) >= 11 is 0. The number of amides is 3. The van der Waals surface area contributed by atoms with E-state index in [-0.39, 0.29) is 25.6 Å². The van der Waals surface area contributed by atoms with Crippen molar-refractivity contribution in [2.24, 2.45) is 0 Å². The second-order valence-corrected chi connectivity index (χ2v) is 5.35. The van der Waals surface area contributed by atoms with Crippen molar-refractivity contribution in [3.63, 3.8) is 0 Å². The molecule has 1 aromatic rings. The van der Waals surface area contributed by atoms with E-state index >= 15 is 0 Å². The van der Waals surface area contributed by atoms with Gasteiger partial charge in [0.2, 0.25) is 0 Å². The van der Waals surface area contributed by atoms with Crippen molar-refractivity contribution in [2.75, 3.05) is 33.4 Å². The van der Waals surface area contributed by atoms with E-state index in [0.717, 1.165) is 16.2 Å². The number of likely N-dealkylation sites (N-methyl/N-ethyl adjacent to an activating group) is 1. The van der Waals surface area contributed by atoms with Gasteiger partial charge in [0.1, 0.15) is 5.75 Å². The lowest BCUT2D eigenvalue weighted by Crippen LogP contribution is -3.14. The highest BCUT2D eigenvalue weighted by Crippen LogP contribution is 2.10. The van der Waals surface area contributed by atoms with Crippen molar-refractivity contribution in [3.8, 4) is 5.75 Å². The summed E-state index contributed by atoms with van der Waals surface area (Å²) < 4.78 is 9.72. The first-order valence-corrected chi connectivity index (χ1v) is 8.18. The Morgan fingerprint density at radius 3 is 2.24 bits per heavy atom. The largest absolute Gasteiger partial charge is 0.497 e. The molecule has 1 unspecified atom stereocenters. The van der Waals surface area contributed by atoms with Crippen LogP contribution >= 0.6 is 0 Å². The molecule has 0 bridgehead atoms. The zero-order valence-electron chi connectivity index (χ0n) is 14.9. The zero-order chi connectivity index (χ0) is 18.7. The van der Waals surface area contributed by atoms with Crippen molar-refractivity contribution in [2.45, 2.75) is 20.4 Å². The normalized spacial score (nSPS) is 11.3. The number of imide groups is 1. The minimum atomic E-state index is -0.771. The first-order chi connectivity index (χ1) is 12.0. The Labute approximate surface area is 147 Å². The smallest absolute Gasteiger partial charge is 0.414 e. The summed E-state index contributed by atoms with van der Waals surface area (Å²) in [5.74, 6) is 0.110. The van der Waals surface area contributed by atoms with Gasteiger partial charge in [-0.05, 0) is 31.5 Å². The Morgan fingerprint density at radius 1 is 1.04 bits per heavy atom. The number of hydrogen-bond donors (Lipinski definition) is 3. The molecule has 0 saturated heterocycles. The summed E-state index contributed by atoms with van der Waals surface area (Å²) in [5.41, 5.74) is 0.951. The van der Waals surface area contributed by atoms with Crippen molar-refractivity contribution < 1.29 is 28.8 Å². The average Bonchev–Trinajstić information content (AvgIpc) is 2.59. The van der Waals surface area contributed by atoms with Crippen LogP contribution in [0, 0.1) is 0 Å². The van der Waals surface area contributed by atoms with Gasteiger partial charge in [-0.15, -0.1) is 0 Å². The van der Waals surface area contributed by atoms with Crippen molar-refractivity contribution in [1.29, 1.82) is 0 Å². The van der Waals surface area contributed by atoms with Gasteiger partial charge >= 0.3 is 6.09 Å². The van der Waals surface area contributed by atoms with Crippen LogP contribution in [0.25, 0.3) is 0 Å². The van der Waals surface area contributed by atoms with Gasteiger partial charge in [-0.3, -0.25) is 14.9 Å². The SMILES string of the molecule is CCOC(=O)NC(=O)C[NH+](CC)CC(=O)NCc1ccc(OC)cc1. The molecule has 0 radical (unpaired) electrons. The van der Waals surface area contributed by atoms with Crippen LogP contribution < -0.4 is 20.3 Å². The molecule has 0 heterocycles. The molecule has 0 aliphatic carbocycles. The highest BCUT2D eigenvalue weighted by atomic mass is 16.5. The molecule has 0 aromatic heterocycles. The Kier molecular flexibility index (Phi) is 9.02. The first-order valence-electron chi connectivity index (χ1n) is 8.18. The van der Waals surface area contributed by atoms with Crippen molar-refractivity contribution >= 4 is 17.9 Å². The van der Waals surface area contributed by atoms with Gasteiger partial charge in [-0.25, -0.2) is 4.79 Å². The monoisotopic (exact) mass is 352 g/mol. The van der Waals surface area contributed by atoms with E-state index in [1.807, 2.05) is 31.2 Å². The third-order valence-corrected chi connectivity index (χ3v) is 3.49. The Bertz CT molecular complexity index is 574. The first kappa shape index (κ1) is 20.4. The maximum atomic E-state index is 12.0. The van der Waals surface area contributed by atoms with Gasteiger partial charge in [-0.1, -0.05) is 12.1 Å². The molecule has 1 rings (SSSR count). The van der Waals surface area contributed by atoms with Gasteiger partial charge in [0.25, 0.3) is 11.8 Å². The van der Waals surface area contributed by atoms with E-state index in [1.54, 1.807) is 14.0 Å². The number of methoxy groups -OCH3 is 1. The fraction of sp³-hybridized carbons (Fsp3) is 0.471. The quantitative estimate of drug-likeness (QED) is 0.556. The summed E-state index contributed by atoms with van der Waals surface area (Å²) in [7, 11) is 1.59. The molecule has 0 aliphatic heterocycles. The second kappa shape index (κ2) is 11.0. The van der Waals surface area contributed by atoms with E-state index in [2.05, 4.69) is 15.4 Å². The maximum absolute atomic E-state index is 12.0. The minimum absolute atomic E-state index is 0.0191. The summed E-state index contributed by atoms with van der Waals surface area (Å²) in [4.78, 5) is 35.7. The van der Waals surface area contributed by atoms with Crippen LogP contribution in [-0.2, 0) is 20.9 Å². The summed E-state index contributed by atoms with van der Waals surface area (Å²) in [5, 5.41) is 4.93. The van der Waals surface area contributed by atoms with E-state index in [0.29, 0.717) is 13.1 Å². The third kappa shape index (κ3) is 8.16. The van der Waals surface area contributed by atoms with Crippen LogP contribution in [0.3, 0.4) is 0 Å². The summed E-state index contributed by atoms with van der Waals surface area (Å²) in [6.45, 7) is 4.84. The Morgan fingerprint density at radius 2 is 1.68 bits per heavy atom. The lowest BCUT2D eigenvalue weighted by molar-refractivity contribution is -0.881. The molecule has 3 amide bonds. The number of rotatable bonds is 9. The van der Waals surface area contributed by atoms with E-state index in [1.165, 1.54) is 0 Å². The van der Waals surface area contributed by atoms with Crippen molar-refractivity contribution in [1.82, 2.24) is 10.6 Å². The van der Waals surface area contributed by atoms with Gasteiger partial charge in [0.15, 0.2) is 13.1 Å². The van der Waals surface area contributed by atoms with E-state index in [9.17, 15) is 14.4 Å². The fourth-order valence-electron chi connectivity index (χ4n) is 2.10. The standard InChI is InChI=1S/C17H25N3O5/c1-4-20(12-16(22)19-17(23)25-5-2)11-15(21)18-10-13-6-8-14(24-3)9-7-13/h6-9H,4-5,10-12H2,1-3H3,(H,18,21)(H,19,22,23)/p+1. The molecule has 25 heavy (non-hydrogen) atoms. The molecule has 0 saturated carbocycles. The summed E-state index contributed by atoms with van der Waals surface area (Å²) in [6.07, 6.45) is -0.771. The number of quaternary nitrogens is 1. The van der Waals surface area contributed by atoms with E-state index in [4.69, 9.17) is 4.74 Å². The highest BCUT2D eigenvalue weighted by molar-refractivity contribution is 5.92. The molecule has 8 heteroatoms. The maximum Gasteiger partial charge on any atom is 0.414 e. The molecular formula is C17H26N3O5+. The number of hydrogen-bond acceptors (Lipinski definition) is 5. The number of ether oxygens (including phenoxy) is 2. The number of nitrogens with one attached hydrogen (secondary N) is 3. The van der Waals surface area contributed by atoms with E-state index < -0.39 is 12.0 Å². The number of alkyl carbamates (subject to hydrolysis) is 1. The van der Waals surface area contributed by atoms with Crippen LogP contribution in [0.4, 0.5) is 4.79 Å². The van der Waals surface area contributed by atoms with Crippen LogP contribution in [-0.4, -0.2) is 51.3 Å². The molecule has 3 N–H and O–H groups in total. The van der Waals surface area contributed by atoms with Crippen LogP contribution in [0.5, 0.6) is 5.75 Å². The van der Waals surface area contributed by atoms with Crippen LogP contribution in [0.1, 0.15) is 19.4 Å². The van der Waals surface area contributed by atoms with Gasteiger partial charge in [-0.2, -0.15) is 0 Å². The van der Waals surface area contributed by atoms with Gasteiger partial charge < -0.3 is 19.7 Å². The molecular weight excluding hydrogens is 326 g/mol. The number of carbonyl (C=O) groups excluding carboxylic acids is 3. The molecule has 8 nitrogen and oxygen atoms in total. The van der Waals surface area contributed by atoms with Gasteiger partial charge in [0.05, 0.1) is 20.3 Å². The molecule has 0 aliphatic rings. The minimum Gasteiger partial charge on any atom is -0.497 e. The predicted molar refractivity (Wildman–Crippen MR) is 91.2 cm³/mol. The molecule has 138 valence electrons. The lowest BCUT2D eigenvalue weighted by atomic mass is 10.2. The Hall–Kier alpha value is -2.61. The Balaban J connectivity index is 2.39.